The topological polar surface area (TPSA) is 66.5 Å². The number of rotatable bonds is 5. The summed E-state index contributed by atoms with van der Waals surface area (Å²) >= 11 is 0. The largest absolute Gasteiger partial charge is 0.325 e. The number of aryl methyl sites for hydroxylation is 4. The number of carbonyl (C=O) groups is 1. The van der Waals surface area contributed by atoms with Crippen molar-refractivity contribution >= 4 is 21.6 Å². The van der Waals surface area contributed by atoms with Crippen LogP contribution in [0.2, 0.25) is 0 Å². The standard InChI is InChI=1S/C20H24N2O3S/c1-14-7-8-15(2)19(11-14)21-20(23)13-22(3)26(24,25)18-10-9-16-5-4-6-17(16)12-18/h7-12H,4-6,13H2,1-3H3,(H,21,23). The van der Waals surface area contributed by atoms with E-state index in [1.807, 2.05) is 38.1 Å². The van der Waals surface area contributed by atoms with E-state index in [-0.39, 0.29) is 17.3 Å². The van der Waals surface area contributed by atoms with Crippen molar-refractivity contribution in [3.05, 3.63) is 58.7 Å². The van der Waals surface area contributed by atoms with Gasteiger partial charge in [0.1, 0.15) is 0 Å². The van der Waals surface area contributed by atoms with Crippen LogP contribution in [-0.2, 0) is 27.7 Å². The molecule has 1 aliphatic carbocycles. The summed E-state index contributed by atoms with van der Waals surface area (Å²) in [4.78, 5) is 12.6. The van der Waals surface area contributed by atoms with Crippen molar-refractivity contribution < 1.29 is 13.2 Å². The van der Waals surface area contributed by atoms with Crippen LogP contribution in [0.1, 0.15) is 28.7 Å². The van der Waals surface area contributed by atoms with E-state index in [1.165, 1.54) is 12.6 Å². The number of fused-ring (bicyclic) bond motifs is 1. The minimum atomic E-state index is -3.69. The lowest BCUT2D eigenvalue weighted by molar-refractivity contribution is -0.116. The van der Waals surface area contributed by atoms with Crippen LogP contribution in [0.15, 0.2) is 41.3 Å². The maximum Gasteiger partial charge on any atom is 0.243 e. The molecule has 0 unspecified atom stereocenters. The van der Waals surface area contributed by atoms with Gasteiger partial charge < -0.3 is 5.32 Å². The predicted molar refractivity (Wildman–Crippen MR) is 103 cm³/mol. The van der Waals surface area contributed by atoms with Crippen molar-refractivity contribution in [2.24, 2.45) is 0 Å². The third kappa shape index (κ3) is 3.81. The van der Waals surface area contributed by atoms with Crippen LogP contribution in [0.25, 0.3) is 0 Å². The smallest absolute Gasteiger partial charge is 0.243 e. The highest BCUT2D eigenvalue weighted by molar-refractivity contribution is 7.89. The van der Waals surface area contributed by atoms with Gasteiger partial charge in [-0.1, -0.05) is 18.2 Å². The number of nitrogens with one attached hydrogen (secondary N) is 1. The molecule has 2 aromatic rings. The molecule has 138 valence electrons. The quantitative estimate of drug-likeness (QED) is 0.877. The van der Waals surface area contributed by atoms with Crippen LogP contribution in [0, 0.1) is 13.8 Å². The molecule has 0 aromatic heterocycles. The molecule has 1 amide bonds. The Morgan fingerprint density at radius 1 is 1.08 bits per heavy atom. The molecule has 0 bridgehead atoms. The molecular formula is C20H24N2O3S. The highest BCUT2D eigenvalue weighted by atomic mass is 32.2. The second-order valence-electron chi connectivity index (χ2n) is 6.91. The third-order valence-corrected chi connectivity index (χ3v) is 6.61. The Labute approximate surface area is 155 Å². The lowest BCUT2D eigenvalue weighted by Crippen LogP contribution is -2.35. The number of carbonyl (C=O) groups excluding carboxylic acids is 1. The first-order valence-corrected chi connectivity index (χ1v) is 10.2. The first-order valence-electron chi connectivity index (χ1n) is 8.72. The summed E-state index contributed by atoms with van der Waals surface area (Å²) in [5.74, 6) is -0.356. The lowest BCUT2D eigenvalue weighted by atomic mass is 10.1. The van der Waals surface area contributed by atoms with E-state index in [4.69, 9.17) is 0 Å². The van der Waals surface area contributed by atoms with Crippen molar-refractivity contribution in [2.45, 2.75) is 38.0 Å². The summed E-state index contributed by atoms with van der Waals surface area (Å²) in [6.45, 7) is 3.62. The van der Waals surface area contributed by atoms with Gasteiger partial charge in [-0.3, -0.25) is 4.79 Å². The van der Waals surface area contributed by atoms with Crippen molar-refractivity contribution in [3.8, 4) is 0 Å². The Morgan fingerprint density at radius 3 is 2.58 bits per heavy atom. The maximum absolute atomic E-state index is 12.8. The van der Waals surface area contributed by atoms with E-state index < -0.39 is 10.0 Å². The molecule has 0 radical (unpaired) electrons. The molecule has 0 atom stereocenters. The molecule has 0 saturated heterocycles. The average Bonchev–Trinajstić information content (AvgIpc) is 3.05. The van der Waals surface area contributed by atoms with Crippen LogP contribution in [0.4, 0.5) is 5.69 Å². The summed E-state index contributed by atoms with van der Waals surface area (Å²) in [5.41, 5.74) is 5.00. The minimum Gasteiger partial charge on any atom is -0.325 e. The Morgan fingerprint density at radius 2 is 1.81 bits per heavy atom. The highest BCUT2D eigenvalue weighted by Gasteiger charge is 2.25. The zero-order chi connectivity index (χ0) is 18.9. The Kier molecular flexibility index (Phi) is 5.16. The van der Waals surface area contributed by atoms with E-state index in [9.17, 15) is 13.2 Å². The lowest BCUT2D eigenvalue weighted by Gasteiger charge is -2.18. The van der Waals surface area contributed by atoms with E-state index in [0.717, 1.165) is 40.3 Å². The van der Waals surface area contributed by atoms with Gasteiger partial charge in [0, 0.05) is 12.7 Å². The van der Waals surface area contributed by atoms with Crippen molar-refractivity contribution in [2.75, 3.05) is 18.9 Å². The van der Waals surface area contributed by atoms with Gasteiger partial charge in [-0.05, 0) is 73.6 Å². The Hall–Kier alpha value is -2.18. The molecule has 1 aliphatic rings. The summed E-state index contributed by atoms with van der Waals surface area (Å²) in [5, 5.41) is 2.80. The summed E-state index contributed by atoms with van der Waals surface area (Å²) in [6, 6.07) is 11.0. The summed E-state index contributed by atoms with van der Waals surface area (Å²) < 4.78 is 26.7. The second kappa shape index (κ2) is 7.21. The number of amides is 1. The number of nitrogens with zero attached hydrogens (tertiary/aromatic N) is 1. The van der Waals surface area contributed by atoms with E-state index in [2.05, 4.69) is 5.32 Å². The van der Waals surface area contributed by atoms with Crippen molar-refractivity contribution in [1.29, 1.82) is 0 Å². The number of anilines is 1. The van der Waals surface area contributed by atoms with Gasteiger partial charge in [-0.25, -0.2) is 8.42 Å². The van der Waals surface area contributed by atoms with Gasteiger partial charge in [-0.2, -0.15) is 4.31 Å². The minimum absolute atomic E-state index is 0.229. The zero-order valence-corrected chi connectivity index (χ0v) is 16.2. The van der Waals surface area contributed by atoms with Gasteiger partial charge in [0.15, 0.2) is 0 Å². The first-order chi connectivity index (χ1) is 12.3. The van der Waals surface area contributed by atoms with Crippen LogP contribution in [-0.4, -0.2) is 32.2 Å². The molecule has 5 nitrogen and oxygen atoms in total. The van der Waals surface area contributed by atoms with E-state index >= 15 is 0 Å². The number of sulfonamides is 1. The van der Waals surface area contributed by atoms with Crippen molar-refractivity contribution in [3.63, 3.8) is 0 Å². The third-order valence-electron chi connectivity index (χ3n) is 4.81. The molecule has 6 heteroatoms. The average molecular weight is 372 g/mol. The normalized spacial score (nSPS) is 13.7. The predicted octanol–water partition coefficient (Wildman–Crippen LogP) is 3.05. The Bertz CT molecular complexity index is 952. The Balaban J connectivity index is 1.73. The molecular weight excluding hydrogens is 348 g/mol. The fourth-order valence-electron chi connectivity index (χ4n) is 3.24. The molecule has 0 heterocycles. The van der Waals surface area contributed by atoms with E-state index in [1.54, 1.807) is 12.1 Å². The molecule has 0 spiro atoms. The van der Waals surface area contributed by atoms with E-state index in [0.29, 0.717) is 5.69 Å². The van der Waals surface area contributed by atoms with Gasteiger partial charge >= 0.3 is 0 Å². The highest BCUT2D eigenvalue weighted by Crippen LogP contribution is 2.26. The zero-order valence-electron chi connectivity index (χ0n) is 15.4. The fourth-order valence-corrected chi connectivity index (χ4v) is 4.41. The molecule has 26 heavy (non-hydrogen) atoms. The summed E-state index contributed by atoms with van der Waals surface area (Å²) in [7, 11) is -2.26. The van der Waals surface area contributed by atoms with Crippen LogP contribution >= 0.6 is 0 Å². The summed E-state index contributed by atoms with van der Waals surface area (Å²) in [6.07, 6.45) is 2.98. The first kappa shape index (κ1) is 18.6. The molecule has 0 aliphatic heterocycles. The van der Waals surface area contributed by atoms with Gasteiger partial charge in [0.05, 0.1) is 11.4 Å². The number of hydrogen-bond acceptors (Lipinski definition) is 3. The van der Waals surface area contributed by atoms with Crippen molar-refractivity contribution in [1.82, 2.24) is 4.31 Å². The second-order valence-corrected chi connectivity index (χ2v) is 8.96. The fraction of sp³-hybridized carbons (Fsp3) is 0.350. The molecule has 0 saturated carbocycles. The molecule has 2 aromatic carbocycles. The molecule has 3 rings (SSSR count). The molecule has 1 N–H and O–H groups in total. The SMILES string of the molecule is Cc1ccc(C)c(NC(=O)CN(C)S(=O)(=O)c2ccc3c(c2)CCC3)c1. The number of likely N-dealkylation sites (N-methyl/N-ethyl adjacent to an activating group) is 1. The number of hydrogen-bond donors (Lipinski definition) is 1. The maximum atomic E-state index is 12.8. The van der Waals surface area contributed by atoms with Gasteiger partial charge in [-0.15, -0.1) is 0 Å². The molecule has 0 fully saturated rings. The van der Waals surface area contributed by atoms with Crippen LogP contribution < -0.4 is 5.32 Å². The van der Waals surface area contributed by atoms with Gasteiger partial charge in [0.25, 0.3) is 0 Å². The van der Waals surface area contributed by atoms with Crippen LogP contribution in [0.3, 0.4) is 0 Å². The van der Waals surface area contributed by atoms with Crippen LogP contribution in [0.5, 0.6) is 0 Å². The number of benzene rings is 2. The monoisotopic (exact) mass is 372 g/mol. The van der Waals surface area contributed by atoms with Gasteiger partial charge in [0.2, 0.25) is 15.9 Å².